The lowest BCUT2D eigenvalue weighted by Crippen LogP contribution is -1.91. The Balaban J connectivity index is 3.21. The Morgan fingerprint density at radius 2 is 2.27 bits per heavy atom. The zero-order valence-electron chi connectivity index (χ0n) is 7.63. The van der Waals surface area contributed by atoms with E-state index in [9.17, 15) is 0 Å². The van der Waals surface area contributed by atoms with Gasteiger partial charge in [0.25, 0.3) is 0 Å². The monoisotopic (exact) mass is 171 g/mol. The number of hydrogen-bond donors (Lipinski definition) is 0. The van der Waals surface area contributed by atoms with E-state index in [1.54, 1.807) is 0 Å². The van der Waals surface area contributed by atoms with Crippen molar-refractivity contribution in [3.8, 4) is 0 Å². The molecule has 0 aromatic heterocycles. The first-order valence-corrected chi connectivity index (χ1v) is 5.05. The summed E-state index contributed by atoms with van der Waals surface area (Å²) in [7, 11) is 1.85. The molecule has 11 heavy (non-hydrogen) atoms. The third kappa shape index (κ3) is 7.66. The van der Waals surface area contributed by atoms with Crippen molar-refractivity contribution < 1.29 is 0 Å². The zero-order chi connectivity index (χ0) is 8.53. The number of rotatable bonds is 5. The third-order valence-electron chi connectivity index (χ3n) is 1.39. The van der Waals surface area contributed by atoms with Crippen LogP contribution in [0.3, 0.4) is 0 Å². The van der Waals surface area contributed by atoms with Gasteiger partial charge in [-0.05, 0) is 25.2 Å². The average Bonchev–Trinajstić information content (AvgIpc) is 2.04. The molecule has 0 aromatic carbocycles. The van der Waals surface area contributed by atoms with Gasteiger partial charge >= 0.3 is 0 Å². The van der Waals surface area contributed by atoms with E-state index in [0.717, 1.165) is 18.6 Å². The second-order valence-electron chi connectivity index (χ2n) is 2.36. The Kier molecular flexibility index (Phi) is 7.69. The van der Waals surface area contributed by atoms with Crippen molar-refractivity contribution in [2.45, 2.75) is 26.7 Å². The minimum Gasteiger partial charge on any atom is -0.298 e. The molecule has 1 nitrogen and oxygen atoms in total. The molecule has 0 saturated carbocycles. The van der Waals surface area contributed by atoms with Crippen LogP contribution >= 0.6 is 11.8 Å². The highest BCUT2D eigenvalue weighted by atomic mass is 32.2. The molecule has 0 radical (unpaired) electrons. The standard InChI is InChI=1S/C9H17NS/c1-4-5-7-11-8-6-9(2)10-3/h5,7H,4,6,8H2,1-3H3/b7-5-,10-9?. The van der Waals surface area contributed by atoms with Crippen molar-refractivity contribution in [1.82, 2.24) is 0 Å². The first kappa shape index (κ1) is 10.8. The Bertz CT molecular complexity index is 138. The number of thioether (sulfide) groups is 1. The second kappa shape index (κ2) is 7.86. The summed E-state index contributed by atoms with van der Waals surface area (Å²) in [6, 6.07) is 0. The highest BCUT2D eigenvalue weighted by molar-refractivity contribution is 8.02. The van der Waals surface area contributed by atoms with Gasteiger partial charge in [0.2, 0.25) is 0 Å². The molecule has 0 rings (SSSR count). The number of allylic oxidation sites excluding steroid dienone is 1. The summed E-state index contributed by atoms with van der Waals surface area (Å²) in [5.74, 6) is 1.15. The van der Waals surface area contributed by atoms with Crippen molar-refractivity contribution in [2.24, 2.45) is 4.99 Å². The Labute approximate surface area is 74.0 Å². The van der Waals surface area contributed by atoms with Crippen molar-refractivity contribution >= 4 is 17.5 Å². The molecule has 0 fully saturated rings. The van der Waals surface area contributed by atoms with Gasteiger partial charge in [0.15, 0.2) is 0 Å². The largest absolute Gasteiger partial charge is 0.298 e. The van der Waals surface area contributed by atoms with Crippen molar-refractivity contribution in [3.05, 3.63) is 11.5 Å². The summed E-state index contributed by atoms with van der Waals surface area (Å²) < 4.78 is 0. The highest BCUT2D eigenvalue weighted by Crippen LogP contribution is 2.05. The molecule has 0 atom stereocenters. The molecule has 0 spiro atoms. The van der Waals surface area contributed by atoms with Crippen molar-refractivity contribution in [2.75, 3.05) is 12.8 Å². The fourth-order valence-corrected chi connectivity index (χ4v) is 1.43. The summed E-state index contributed by atoms with van der Waals surface area (Å²) >= 11 is 1.86. The molecule has 0 aliphatic heterocycles. The summed E-state index contributed by atoms with van der Waals surface area (Å²) in [5.41, 5.74) is 1.24. The van der Waals surface area contributed by atoms with E-state index in [1.165, 1.54) is 5.71 Å². The average molecular weight is 171 g/mol. The molecule has 0 saturated heterocycles. The van der Waals surface area contributed by atoms with Gasteiger partial charge in [-0.15, -0.1) is 11.8 Å². The highest BCUT2D eigenvalue weighted by Gasteiger charge is 1.87. The fraction of sp³-hybridized carbons (Fsp3) is 0.667. The summed E-state index contributed by atoms with van der Waals surface area (Å²) in [6.07, 6.45) is 4.42. The van der Waals surface area contributed by atoms with E-state index in [2.05, 4.69) is 30.3 Å². The van der Waals surface area contributed by atoms with Gasteiger partial charge in [-0.25, -0.2) is 0 Å². The van der Waals surface area contributed by atoms with Crippen LogP contribution in [0.1, 0.15) is 26.7 Å². The maximum absolute atomic E-state index is 4.09. The van der Waals surface area contributed by atoms with Gasteiger partial charge in [-0.1, -0.05) is 13.0 Å². The third-order valence-corrected chi connectivity index (χ3v) is 2.22. The van der Waals surface area contributed by atoms with Gasteiger partial charge in [0, 0.05) is 18.5 Å². The molecule has 0 aliphatic rings. The van der Waals surface area contributed by atoms with Crippen LogP contribution in [0.2, 0.25) is 0 Å². The van der Waals surface area contributed by atoms with Gasteiger partial charge in [-0.3, -0.25) is 4.99 Å². The van der Waals surface area contributed by atoms with Crippen LogP contribution in [0, 0.1) is 0 Å². The van der Waals surface area contributed by atoms with Crippen LogP contribution < -0.4 is 0 Å². The molecule has 0 unspecified atom stereocenters. The smallest absolute Gasteiger partial charge is 0.0276 e. The molecule has 0 heterocycles. The fourth-order valence-electron chi connectivity index (χ4n) is 0.551. The van der Waals surface area contributed by atoms with Crippen molar-refractivity contribution in [3.63, 3.8) is 0 Å². The maximum atomic E-state index is 4.09. The lowest BCUT2D eigenvalue weighted by molar-refractivity contribution is 1.23. The molecule has 64 valence electrons. The van der Waals surface area contributed by atoms with Gasteiger partial charge in [-0.2, -0.15) is 0 Å². The predicted molar refractivity (Wildman–Crippen MR) is 55.5 cm³/mol. The Morgan fingerprint density at radius 3 is 2.82 bits per heavy atom. The summed E-state index contributed by atoms with van der Waals surface area (Å²) in [6.45, 7) is 4.22. The zero-order valence-corrected chi connectivity index (χ0v) is 8.45. The first-order chi connectivity index (χ1) is 5.31. The number of hydrogen-bond acceptors (Lipinski definition) is 2. The van der Waals surface area contributed by atoms with Crippen LogP contribution in [0.15, 0.2) is 16.5 Å². The lowest BCUT2D eigenvalue weighted by atomic mass is 10.3. The molecular formula is C9H17NS. The van der Waals surface area contributed by atoms with E-state index in [-0.39, 0.29) is 0 Å². The minimum absolute atomic E-state index is 1.11. The molecule has 2 heteroatoms. The van der Waals surface area contributed by atoms with E-state index in [0.29, 0.717) is 0 Å². The normalized spacial score (nSPS) is 12.8. The molecule has 0 amide bonds. The SMILES string of the molecule is CC/C=C\SCCC(C)=NC. The Morgan fingerprint density at radius 1 is 1.55 bits per heavy atom. The first-order valence-electron chi connectivity index (χ1n) is 4.00. The maximum Gasteiger partial charge on any atom is 0.0276 e. The van der Waals surface area contributed by atoms with Gasteiger partial charge in [0.1, 0.15) is 0 Å². The van der Waals surface area contributed by atoms with Crippen LogP contribution in [0.5, 0.6) is 0 Å². The quantitative estimate of drug-likeness (QED) is 0.457. The van der Waals surface area contributed by atoms with E-state index < -0.39 is 0 Å². The summed E-state index contributed by atoms with van der Waals surface area (Å²) in [4.78, 5) is 4.09. The molecule has 0 N–H and O–H groups in total. The molecular weight excluding hydrogens is 154 g/mol. The topological polar surface area (TPSA) is 12.4 Å². The molecule has 0 aromatic rings. The van der Waals surface area contributed by atoms with Crippen LogP contribution in [0.4, 0.5) is 0 Å². The van der Waals surface area contributed by atoms with E-state index in [4.69, 9.17) is 0 Å². The summed E-state index contributed by atoms with van der Waals surface area (Å²) in [5, 5.41) is 2.17. The predicted octanol–water partition coefficient (Wildman–Crippen LogP) is 3.12. The van der Waals surface area contributed by atoms with E-state index >= 15 is 0 Å². The number of aliphatic imine (C=N–C) groups is 1. The number of nitrogens with zero attached hydrogens (tertiary/aromatic N) is 1. The van der Waals surface area contributed by atoms with Crippen molar-refractivity contribution in [1.29, 1.82) is 0 Å². The molecule has 0 bridgehead atoms. The van der Waals surface area contributed by atoms with Crippen LogP contribution in [0.25, 0.3) is 0 Å². The van der Waals surface area contributed by atoms with Crippen LogP contribution in [-0.2, 0) is 0 Å². The second-order valence-corrected chi connectivity index (χ2v) is 3.37. The van der Waals surface area contributed by atoms with E-state index in [1.807, 2.05) is 18.8 Å². The minimum atomic E-state index is 1.11. The van der Waals surface area contributed by atoms with Crippen LogP contribution in [-0.4, -0.2) is 18.5 Å². The molecule has 0 aliphatic carbocycles. The van der Waals surface area contributed by atoms with Gasteiger partial charge in [0.05, 0.1) is 0 Å². The lowest BCUT2D eigenvalue weighted by Gasteiger charge is -1.95. The van der Waals surface area contributed by atoms with Gasteiger partial charge < -0.3 is 0 Å². The Hall–Kier alpha value is -0.240.